The summed E-state index contributed by atoms with van der Waals surface area (Å²) in [6.45, 7) is 7.30. The molecule has 1 aliphatic heterocycles. The van der Waals surface area contributed by atoms with Gasteiger partial charge in [0, 0.05) is 12.6 Å². The maximum absolute atomic E-state index is 5.34. The Balaban J connectivity index is 2.58. The van der Waals surface area contributed by atoms with Crippen LogP contribution in [-0.2, 0) is 4.74 Å². The van der Waals surface area contributed by atoms with Crippen LogP contribution in [0, 0.1) is 0 Å². The van der Waals surface area contributed by atoms with Crippen LogP contribution in [0.2, 0.25) is 0 Å². The second-order valence-electron chi connectivity index (χ2n) is 4.66. The average Bonchev–Trinajstić information content (AvgIpc) is 1.95. The highest BCUT2D eigenvalue weighted by molar-refractivity contribution is 4.98. The summed E-state index contributed by atoms with van der Waals surface area (Å²) < 4.78 is 5.34. The van der Waals surface area contributed by atoms with Crippen molar-refractivity contribution in [1.82, 2.24) is 9.80 Å². The molecule has 1 heterocycles. The van der Waals surface area contributed by atoms with Gasteiger partial charge in [-0.15, -0.1) is 0 Å². The number of ether oxygens (including phenoxy) is 1. The van der Waals surface area contributed by atoms with Crippen molar-refractivity contribution >= 4 is 0 Å². The highest BCUT2D eigenvalue weighted by atomic mass is 16.5. The number of rotatable bonds is 4. The Hall–Kier alpha value is -0.120. The van der Waals surface area contributed by atoms with Crippen LogP contribution in [0.5, 0.6) is 0 Å². The van der Waals surface area contributed by atoms with Crippen LogP contribution in [-0.4, -0.2) is 62.3 Å². The summed E-state index contributed by atoms with van der Waals surface area (Å²) in [5.74, 6) is 0. The summed E-state index contributed by atoms with van der Waals surface area (Å²) in [5.41, 5.74) is 0.262. The molecule has 0 atom stereocenters. The van der Waals surface area contributed by atoms with Crippen molar-refractivity contribution in [3.05, 3.63) is 0 Å². The minimum absolute atomic E-state index is 0.262. The van der Waals surface area contributed by atoms with E-state index in [0.717, 1.165) is 19.8 Å². The molecule has 1 saturated heterocycles. The molecule has 1 aliphatic rings. The molecule has 13 heavy (non-hydrogen) atoms. The minimum Gasteiger partial charge on any atom is -0.377 e. The van der Waals surface area contributed by atoms with Gasteiger partial charge in [0.15, 0.2) is 0 Å². The summed E-state index contributed by atoms with van der Waals surface area (Å²) in [7, 11) is 6.43. The van der Waals surface area contributed by atoms with Gasteiger partial charge in [0.05, 0.1) is 18.8 Å². The molecular weight excluding hydrogens is 164 g/mol. The van der Waals surface area contributed by atoms with Crippen molar-refractivity contribution in [3.8, 4) is 0 Å². The first-order chi connectivity index (χ1) is 5.98. The highest BCUT2D eigenvalue weighted by Gasteiger charge is 2.43. The Kier molecular flexibility index (Phi) is 3.33. The van der Waals surface area contributed by atoms with E-state index in [-0.39, 0.29) is 5.54 Å². The maximum Gasteiger partial charge on any atom is 0.0806 e. The molecule has 0 unspecified atom stereocenters. The Labute approximate surface area is 81.7 Å². The second kappa shape index (κ2) is 3.95. The normalized spacial score (nSPS) is 21.2. The van der Waals surface area contributed by atoms with Gasteiger partial charge in [0.1, 0.15) is 0 Å². The summed E-state index contributed by atoms with van der Waals surface area (Å²) in [5, 5.41) is 0. The van der Waals surface area contributed by atoms with Crippen molar-refractivity contribution in [2.24, 2.45) is 0 Å². The third-order valence-electron chi connectivity index (χ3n) is 2.87. The molecule has 0 N–H and O–H groups in total. The van der Waals surface area contributed by atoms with Crippen molar-refractivity contribution in [1.29, 1.82) is 0 Å². The van der Waals surface area contributed by atoms with Crippen LogP contribution < -0.4 is 0 Å². The van der Waals surface area contributed by atoms with E-state index in [2.05, 4.69) is 44.8 Å². The van der Waals surface area contributed by atoms with E-state index in [9.17, 15) is 0 Å². The van der Waals surface area contributed by atoms with Gasteiger partial charge in [0.2, 0.25) is 0 Å². The Morgan fingerprint density at radius 1 is 1.23 bits per heavy atom. The third-order valence-corrected chi connectivity index (χ3v) is 2.87. The largest absolute Gasteiger partial charge is 0.377 e. The number of likely N-dealkylation sites (N-methyl/N-ethyl adjacent to an activating group) is 2. The fourth-order valence-electron chi connectivity index (χ4n) is 1.88. The predicted molar refractivity (Wildman–Crippen MR) is 55.0 cm³/mol. The van der Waals surface area contributed by atoms with E-state index < -0.39 is 0 Å². The van der Waals surface area contributed by atoms with Gasteiger partial charge in [-0.3, -0.25) is 4.90 Å². The van der Waals surface area contributed by atoms with Gasteiger partial charge in [-0.2, -0.15) is 0 Å². The van der Waals surface area contributed by atoms with Gasteiger partial charge in [-0.25, -0.2) is 0 Å². The Morgan fingerprint density at radius 3 is 2.00 bits per heavy atom. The van der Waals surface area contributed by atoms with Crippen LogP contribution in [0.4, 0.5) is 0 Å². The van der Waals surface area contributed by atoms with Gasteiger partial charge in [-0.05, 0) is 35.0 Å². The first-order valence-corrected chi connectivity index (χ1v) is 4.93. The SMILES string of the molecule is CC(C)N(C)C1(CN(C)C)COC1. The molecule has 0 saturated carbocycles. The van der Waals surface area contributed by atoms with E-state index in [0.29, 0.717) is 6.04 Å². The van der Waals surface area contributed by atoms with E-state index in [1.165, 1.54) is 0 Å². The highest BCUT2D eigenvalue weighted by Crippen LogP contribution is 2.26. The average molecular weight is 186 g/mol. The molecule has 3 nitrogen and oxygen atoms in total. The van der Waals surface area contributed by atoms with Crippen molar-refractivity contribution in [2.75, 3.05) is 40.9 Å². The van der Waals surface area contributed by atoms with E-state index in [1.807, 2.05) is 0 Å². The van der Waals surface area contributed by atoms with Crippen LogP contribution in [0.1, 0.15) is 13.8 Å². The molecule has 0 aromatic heterocycles. The molecular formula is C10H22N2O. The fourth-order valence-corrected chi connectivity index (χ4v) is 1.88. The van der Waals surface area contributed by atoms with Crippen LogP contribution >= 0.6 is 0 Å². The summed E-state index contributed by atoms with van der Waals surface area (Å²) in [4.78, 5) is 4.66. The molecule has 0 bridgehead atoms. The lowest BCUT2D eigenvalue weighted by Crippen LogP contribution is -2.67. The van der Waals surface area contributed by atoms with Crippen molar-refractivity contribution in [2.45, 2.75) is 25.4 Å². The maximum atomic E-state index is 5.34. The first-order valence-electron chi connectivity index (χ1n) is 4.93. The standard InChI is InChI=1S/C10H22N2O/c1-9(2)12(5)10(6-11(3)4)7-13-8-10/h9H,6-8H2,1-5H3. The Bertz CT molecular complexity index is 164. The summed E-state index contributed by atoms with van der Waals surface area (Å²) in [6, 6.07) is 0.587. The number of hydrogen-bond acceptors (Lipinski definition) is 3. The quantitative estimate of drug-likeness (QED) is 0.641. The molecule has 0 aromatic rings. The monoisotopic (exact) mass is 186 g/mol. The predicted octanol–water partition coefficient (Wildman–Crippen LogP) is 0.657. The molecule has 0 radical (unpaired) electrons. The lowest BCUT2D eigenvalue weighted by Gasteiger charge is -2.51. The van der Waals surface area contributed by atoms with Gasteiger partial charge in [0.25, 0.3) is 0 Å². The minimum atomic E-state index is 0.262. The molecule has 1 fully saturated rings. The zero-order chi connectivity index (χ0) is 10.1. The zero-order valence-corrected chi connectivity index (χ0v) is 9.50. The van der Waals surface area contributed by atoms with Gasteiger partial charge >= 0.3 is 0 Å². The lowest BCUT2D eigenvalue weighted by atomic mass is 9.93. The van der Waals surface area contributed by atoms with Gasteiger partial charge in [-0.1, -0.05) is 0 Å². The molecule has 78 valence electrons. The molecule has 0 aliphatic carbocycles. The smallest absolute Gasteiger partial charge is 0.0806 e. The van der Waals surface area contributed by atoms with Crippen molar-refractivity contribution < 1.29 is 4.74 Å². The molecule has 1 rings (SSSR count). The van der Waals surface area contributed by atoms with E-state index >= 15 is 0 Å². The Morgan fingerprint density at radius 2 is 1.77 bits per heavy atom. The third kappa shape index (κ3) is 2.22. The topological polar surface area (TPSA) is 15.7 Å². The fraction of sp³-hybridized carbons (Fsp3) is 1.00. The van der Waals surface area contributed by atoms with E-state index in [1.54, 1.807) is 0 Å². The molecule has 0 amide bonds. The number of nitrogens with zero attached hydrogens (tertiary/aromatic N) is 2. The number of hydrogen-bond donors (Lipinski definition) is 0. The summed E-state index contributed by atoms with van der Waals surface area (Å²) >= 11 is 0. The zero-order valence-electron chi connectivity index (χ0n) is 9.50. The summed E-state index contributed by atoms with van der Waals surface area (Å²) in [6.07, 6.45) is 0. The molecule has 3 heteroatoms. The molecule has 0 aromatic carbocycles. The lowest BCUT2D eigenvalue weighted by molar-refractivity contribution is -0.148. The second-order valence-corrected chi connectivity index (χ2v) is 4.66. The van der Waals surface area contributed by atoms with Crippen LogP contribution in [0.3, 0.4) is 0 Å². The first kappa shape index (κ1) is 11.0. The van der Waals surface area contributed by atoms with Gasteiger partial charge < -0.3 is 9.64 Å². The van der Waals surface area contributed by atoms with Crippen LogP contribution in [0.25, 0.3) is 0 Å². The van der Waals surface area contributed by atoms with Crippen LogP contribution in [0.15, 0.2) is 0 Å². The molecule has 0 spiro atoms. The van der Waals surface area contributed by atoms with Crippen molar-refractivity contribution in [3.63, 3.8) is 0 Å². The van der Waals surface area contributed by atoms with E-state index in [4.69, 9.17) is 4.74 Å².